The van der Waals surface area contributed by atoms with Gasteiger partial charge >= 0.3 is 11.8 Å². The van der Waals surface area contributed by atoms with Gasteiger partial charge < -0.3 is 15.4 Å². The average molecular weight is 452 g/mol. The summed E-state index contributed by atoms with van der Waals surface area (Å²) in [5, 5.41) is 8.18. The topological polar surface area (TPSA) is 70.7 Å². The molecule has 2 amide bonds. The lowest BCUT2D eigenvalue weighted by Crippen LogP contribution is -2.41. The summed E-state index contributed by atoms with van der Waals surface area (Å²) in [5.74, 6) is -1.03. The summed E-state index contributed by atoms with van der Waals surface area (Å²) in [4.78, 5) is 27.5. The van der Waals surface area contributed by atoms with E-state index in [0.29, 0.717) is 23.0 Å². The molecule has 1 aliphatic rings. The van der Waals surface area contributed by atoms with Crippen LogP contribution in [0.15, 0.2) is 60.7 Å². The highest BCUT2D eigenvalue weighted by Gasteiger charge is 2.26. The molecule has 3 aromatic rings. The summed E-state index contributed by atoms with van der Waals surface area (Å²) in [6, 6.07) is 19.3. The van der Waals surface area contributed by atoms with E-state index in [0.717, 1.165) is 42.3 Å². The van der Waals surface area contributed by atoms with Crippen molar-refractivity contribution in [1.29, 1.82) is 0 Å². The minimum absolute atomic E-state index is 0.0129. The number of carbonyl (C=O) groups is 2. The van der Waals surface area contributed by atoms with Gasteiger partial charge in [-0.05, 0) is 60.5 Å². The van der Waals surface area contributed by atoms with Gasteiger partial charge in [-0.15, -0.1) is 0 Å². The van der Waals surface area contributed by atoms with Crippen molar-refractivity contribution in [3.63, 3.8) is 0 Å². The number of hydrogen-bond acceptors (Lipinski definition) is 4. The second-order valence-electron chi connectivity index (χ2n) is 7.84. The lowest BCUT2D eigenvalue weighted by Gasteiger charge is -2.29. The minimum atomic E-state index is -0.761. The number of amides is 2. The maximum atomic E-state index is 12.6. The first-order chi connectivity index (χ1) is 15.6. The van der Waals surface area contributed by atoms with Crippen molar-refractivity contribution in [3.8, 4) is 5.75 Å². The molecule has 3 aromatic carbocycles. The SMILES string of the molecule is COc1ccc(Cl)cc1NC(=O)C(=O)NCC(c1cccc2ccccc12)N1CCCC1. The molecule has 1 fully saturated rings. The predicted octanol–water partition coefficient (Wildman–Crippen LogP) is 4.39. The Balaban J connectivity index is 1.50. The van der Waals surface area contributed by atoms with Crippen LogP contribution in [0.4, 0.5) is 5.69 Å². The minimum Gasteiger partial charge on any atom is -0.495 e. The number of ether oxygens (including phenoxy) is 1. The Morgan fingerprint density at radius 1 is 1.03 bits per heavy atom. The van der Waals surface area contributed by atoms with Gasteiger partial charge in [0.2, 0.25) is 0 Å². The first-order valence-electron chi connectivity index (χ1n) is 10.7. The highest BCUT2D eigenvalue weighted by atomic mass is 35.5. The van der Waals surface area contributed by atoms with E-state index in [4.69, 9.17) is 16.3 Å². The lowest BCUT2D eigenvalue weighted by atomic mass is 9.97. The van der Waals surface area contributed by atoms with E-state index < -0.39 is 11.8 Å². The molecule has 4 rings (SSSR count). The van der Waals surface area contributed by atoms with E-state index >= 15 is 0 Å². The number of likely N-dealkylation sites (tertiary alicyclic amines) is 1. The molecule has 1 atom stereocenters. The zero-order valence-electron chi connectivity index (χ0n) is 17.9. The number of anilines is 1. The fraction of sp³-hybridized carbons (Fsp3) is 0.280. The van der Waals surface area contributed by atoms with Crippen LogP contribution in [0.1, 0.15) is 24.4 Å². The van der Waals surface area contributed by atoms with E-state index in [1.54, 1.807) is 18.2 Å². The number of nitrogens with zero attached hydrogens (tertiary/aromatic N) is 1. The monoisotopic (exact) mass is 451 g/mol. The Hall–Kier alpha value is -3.09. The molecule has 0 bridgehead atoms. The van der Waals surface area contributed by atoms with Crippen LogP contribution in [0.2, 0.25) is 5.02 Å². The van der Waals surface area contributed by atoms with Crippen LogP contribution in [0, 0.1) is 0 Å². The maximum Gasteiger partial charge on any atom is 0.313 e. The predicted molar refractivity (Wildman–Crippen MR) is 127 cm³/mol. The molecule has 1 saturated heterocycles. The van der Waals surface area contributed by atoms with Gasteiger partial charge in [0.05, 0.1) is 18.8 Å². The van der Waals surface area contributed by atoms with Gasteiger partial charge in [-0.2, -0.15) is 0 Å². The van der Waals surface area contributed by atoms with Gasteiger partial charge in [0, 0.05) is 11.6 Å². The second kappa shape index (κ2) is 10.0. The number of nitrogens with one attached hydrogen (secondary N) is 2. The Bertz CT molecular complexity index is 1120. The third-order valence-corrected chi connectivity index (χ3v) is 6.07. The quantitative estimate of drug-likeness (QED) is 0.545. The molecule has 32 heavy (non-hydrogen) atoms. The number of halogens is 1. The van der Waals surface area contributed by atoms with Crippen molar-refractivity contribution in [2.75, 3.05) is 32.1 Å². The molecule has 6 nitrogen and oxygen atoms in total. The molecule has 0 spiro atoms. The number of rotatable bonds is 6. The third-order valence-electron chi connectivity index (χ3n) is 5.84. The van der Waals surface area contributed by atoms with Gasteiger partial charge in [0.1, 0.15) is 5.75 Å². The molecular weight excluding hydrogens is 426 g/mol. The molecule has 1 heterocycles. The molecule has 0 radical (unpaired) electrons. The summed E-state index contributed by atoms with van der Waals surface area (Å²) in [6.07, 6.45) is 2.26. The Morgan fingerprint density at radius 3 is 2.56 bits per heavy atom. The van der Waals surface area contributed by atoms with E-state index in [1.165, 1.54) is 7.11 Å². The van der Waals surface area contributed by atoms with Gasteiger partial charge in [-0.25, -0.2) is 0 Å². The number of hydrogen-bond donors (Lipinski definition) is 2. The molecule has 2 N–H and O–H groups in total. The number of benzene rings is 3. The summed E-state index contributed by atoms with van der Waals surface area (Å²) < 4.78 is 5.23. The zero-order chi connectivity index (χ0) is 22.5. The standard InChI is InChI=1S/C25H26ClN3O3/c1-32-23-12-11-18(26)15-21(23)28-25(31)24(30)27-16-22(29-13-4-5-14-29)20-10-6-8-17-7-2-3-9-19(17)20/h2-3,6-12,15,22H,4-5,13-14,16H2,1H3,(H,27,30)(H,28,31). The Morgan fingerprint density at radius 2 is 1.78 bits per heavy atom. The van der Waals surface area contributed by atoms with E-state index in [9.17, 15) is 9.59 Å². The van der Waals surface area contributed by atoms with E-state index in [-0.39, 0.29) is 6.04 Å². The average Bonchev–Trinajstić information content (AvgIpc) is 3.34. The van der Waals surface area contributed by atoms with Crippen LogP contribution in [-0.4, -0.2) is 43.5 Å². The van der Waals surface area contributed by atoms with E-state index in [1.807, 2.05) is 18.2 Å². The zero-order valence-corrected chi connectivity index (χ0v) is 18.7. The van der Waals surface area contributed by atoms with Crippen LogP contribution >= 0.6 is 11.6 Å². The molecule has 1 aliphatic heterocycles. The molecule has 0 aromatic heterocycles. The normalized spacial score (nSPS) is 14.8. The van der Waals surface area contributed by atoms with Crippen LogP contribution in [-0.2, 0) is 9.59 Å². The molecular formula is C25H26ClN3O3. The van der Waals surface area contributed by atoms with Crippen LogP contribution in [0.5, 0.6) is 5.75 Å². The van der Waals surface area contributed by atoms with Crippen LogP contribution in [0.3, 0.4) is 0 Å². The van der Waals surface area contributed by atoms with Gasteiger partial charge in [-0.3, -0.25) is 14.5 Å². The molecule has 0 aliphatic carbocycles. The van der Waals surface area contributed by atoms with Crippen molar-refractivity contribution < 1.29 is 14.3 Å². The summed E-state index contributed by atoms with van der Waals surface area (Å²) in [6.45, 7) is 2.28. The molecule has 0 saturated carbocycles. The highest BCUT2D eigenvalue weighted by Crippen LogP contribution is 2.31. The number of methoxy groups -OCH3 is 1. The fourth-order valence-corrected chi connectivity index (χ4v) is 4.43. The smallest absolute Gasteiger partial charge is 0.313 e. The van der Waals surface area contributed by atoms with E-state index in [2.05, 4.69) is 39.8 Å². The third kappa shape index (κ3) is 4.87. The van der Waals surface area contributed by atoms with Crippen molar-refractivity contribution >= 4 is 39.9 Å². The molecule has 1 unspecified atom stereocenters. The molecule has 166 valence electrons. The maximum absolute atomic E-state index is 12.6. The van der Waals surface area contributed by atoms with Gasteiger partial charge in [-0.1, -0.05) is 54.1 Å². The van der Waals surface area contributed by atoms with Crippen LogP contribution in [0.25, 0.3) is 10.8 Å². The summed E-state index contributed by atoms with van der Waals surface area (Å²) in [5.41, 5.74) is 1.51. The summed E-state index contributed by atoms with van der Waals surface area (Å²) >= 11 is 6.01. The Kier molecular flexibility index (Phi) is 6.93. The lowest BCUT2D eigenvalue weighted by molar-refractivity contribution is -0.136. The first-order valence-corrected chi connectivity index (χ1v) is 11.1. The number of carbonyl (C=O) groups excluding carboxylic acids is 2. The first kappa shape index (κ1) is 22.1. The van der Waals surface area contributed by atoms with Gasteiger partial charge in [0.15, 0.2) is 0 Å². The molecule has 7 heteroatoms. The highest BCUT2D eigenvalue weighted by molar-refractivity contribution is 6.40. The Labute approximate surface area is 192 Å². The largest absolute Gasteiger partial charge is 0.495 e. The van der Waals surface area contributed by atoms with Crippen LogP contribution < -0.4 is 15.4 Å². The second-order valence-corrected chi connectivity index (χ2v) is 8.27. The van der Waals surface area contributed by atoms with Crippen molar-refractivity contribution in [1.82, 2.24) is 10.2 Å². The number of fused-ring (bicyclic) bond motifs is 1. The van der Waals surface area contributed by atoms with Crippen molar-refractivity contribution in [3.05, 3.63) is 71.2 Å². The van der Waals surface area contributed by atoms with Crippen molar-refractivity contribution in [2.24, 2.45) is 0 Å². The van der Waals surface area contributed by atoms with Crippen molar-refractivity contribution in [2.45, 2.75) is 18.9 Å². The summed E-state index contributed by atoms with van der Waals surface area (Å²) in [7, 11) is 1.49. The fourth-order valence-electron chi connectivity index (χ4n) is 4.26. The van der Waals surface area contributed by atoms with Gasteiger partial charge in [0.25, 0.3) is 0 Å².